The third-order valence-electron chi connectivity index (χ3n) is 3.25. The smallest absolute Gasteiger partial charge is 0.268 e. The minimum absolute atomic E-state index is 0.0741. The van der Waals surface area contributed by atoms with E-state index in [2.05, 4.69) is 16.5 Å². The number of ether oxygens (including phenoxy) is 1. The number of carbonyl (C=O) groups is 1. The number of nitrogens with zero attached hydrogens (tertiary/aromatic N) is 3. The van der Waals surface area contributed by atoms with E-state index in [1.165, 1.54) is 11.3 Å². The molecule has 1 amide bonds. The molecule has 2 N–H and O–H groups in total. The van der Waals surface area contributed by atoms with E-state index < -0.39 is 0 Å². The summed E-state index contributed by atoms with van der Waals surface area (Å²) in [5.74, 6) is 0.238. The second-order valence-electron chi connectivity index (χ2n) is 5.09. The van der Waals surface area contributed by atoms with Crippen LogP contribution in [0.25, 0.3) is 0 Å². The molecule has 0 bridgehead atoms. The van der Waals surface area contributed by atoms with E-state index in [-0.39, 0.29) is 5.91 Å². The fourth-order valence-electron chi connectivity index (χ4n) is 2.16. The SMILES string of the molecule is C=C(C)CN(CC)C(=O)c1sc(N2CCOCC2)nc1N. The van der Waals surface area contributed by atoms with Crippen molar-refractivity contribution in [2.75, 3.05) is 50.0 Å². The zero-order valence-corrected chi connectivity index (χ0v) is 13.4. The van der Waals surface area contributed by atoms with Gasteiger partial charge in [0.1, 0.15) is 10.7 Å². The Bertz CT molecular complexity index is 523. The van der Waals surface area contributed by atoms with Gasteiger partial charge in [0, 0.05) is 26.2 Å². The Morgan fingerprint density at radius 1 is 1.52 bits per heavy atom. The van der Waals surface area contributed by atoms with Gasteiger partial charge in [-0.3, -0.25) is 4.79 Å². The lowest BCUT2D eigenvalue weighted by Crippen LogP contribution is -2.36. The van der Waals surface area contributed by atoms with Gasteiger partial charge in [-0.15, -0.1) is 0 Å². The Labute approximate surface area is 129 Å². The van der Waals surface area contributed by atoms with E-state index in [0.29, 0.717) is 37.0 Å². The second-order valence-corrected chi connectivity index (χ2v) is 6.06. The van der Waals surface area contributed by atoms with Crippen LogP contribution in [-0.4, -0.2) is 55.2 Å². The zero-order chi connectivity index (χ0) is 15.4. The maximum atomic E-state index is 12.6. The predicted octanol–water partition coefficient (Wildman–Crippen LogP) is 1.60. The molecular weight excluding hydrogens is 288 g/mol. The van der Waals surface area contributed by atoms with Crippen molar-refractivity contribution in [3.63, 3.8) is 0 Å². The summed E-state index contributed by atoms with van der Waals surface area (Å²) in [5.41, 5.74) is 6.89. The van der Waals surface area contributed by atoms with Crippen LogP contribution < -0.4 is 10.6 Å². The lowest BCUT2D eigenvalue weighted by atomic mass is 10.3. The zero-order valence-electron chi connectivity index (χ0n) is 12.6. The van der Waals surface area contributed by atoms with E-state index in [9.17, 15) is 4.79 Å². The molecule has 2 heterocycles. The summed E-state index contributed by atoms with van der Waals surface area (Å²) in [6.07, 6.45) is 0. The van der Waals surface area contributed by atoms with Crippen molar-refractivity contribution >= 4 is 28.2 Å². The van der Waals surface area contributed by atoms with Gasteiger partial charge in [0.25, 0.3) is 5.91 Å². The molecular formula is C14H22N4O2S. The summed E-state index contributed by atoms with van der Waals surface area (Å²) in [7, 11) is 0. The molecule has 0 spiro atoms. The van der Waals surface area contributed by atoms with E-state index in [0.717, 1.165) is 23.8 Å². The average Bonchev–Trinajstić information content (AvgIpc) is 2.87. The molecule has 0 saturated carbocycles. The van der Waals surface area contributed by atoms with Crippen LogP contribution in [0.5, 0.6) is 0 Å². The molecule has 1 fully saturated rings. The number of hydrogen-bond acceptors (Lipinski definition) is 6. The van der Waals surface area contributed by atoms with Gasteiger partial charge in [0.2, 0.25) is 0 Å². The van der Waals surface area contributed by atoms with Crippen molar-refractivity contribution in [1.29, 1.82) is 0 Å². The van der Waals surface area contributed by atoms with Crippen molar-refractivity contribution in [3.05, 3.63) is 17.0 Å². The fraction of sp³-hybridized carbons (Fsp3) is 0.571. The van der Waals surface area contributed by atoms with Gasteiger partial charge in [-0.05, 0) is 13.8 Å². The molecule has 0 aliphatic carbocycles. The number of rotatable bonds is 5. The monoisotopic (exact) mass is 310 g/mol. The Balaban J connectivity index is 2.17. The molecule has 1 saturated heterocycles. The van der Waals surface area contributed by atoms with Crippen LogP contribution in [0.4, 0.5) is 10.9 Å². The van der Waals surface area contributed by atoms with Crippen molar-refractivity contribution in [2.45, 2.75) is 13.8 Å². The molecule has 1 aliphatic rings. The molecule has 1 aromatic heterocycles. The highest BCUT2D eigenvalue weighted by molar-refractivity contribution is 7.18. The van der Waals surface area contributed by atoms with E-state index in [1.54, 1.807) is 4.90 Å². The van der Waals surface area contributed by atoms with Crippen LogP contribution in [-0.2, 0) is 4.74 Å². The van der Waals surface area contributed by atoms with Crippen LogP contribution in [0.3, 0.4) is 0 Å². The normalized spacial score (nSPS) is 15.0. The van der Waals surface area contributed by atoms with Gasteiger partial charge < -0.3 is 20.3 Å². The van der Waals surface area contributed by atoms with Crippen LogP contribution >= 0.6 is 11.3 Å². The Kier molecular flexibility index (Phi) is 5.19. The first kappa shape index (κ1) is 15.8. The standard InChI is InChI=1S/C14H22N4O2S/c1-4-17(9-10(2)3)13(19)11-12(15)16-14(21-11)18-5-7-20-8-6-18/h2,4-9,15H2,1,3H3. The maximum absolute atomic E-state index is 12.6. The predicted molar refractivity (Wildman–Crippen MR) is 85.9 cm³/mol. The van der Waals surface area contributed by atoms with E-state index in [4.69, 9.17) is 10.5 Å². The van der Waals surface area contributed by atoms with Crippen LogP contribution in [0, 0.1) is 0 Å². The number of carbonyl (C=O) groups excluding carboxylic acids is 1. The molecule has 1 aromatic rings. The highest BCUT2D eigenvalue weighted by Crippen LogP contribution is 2.29. The molecule has 116 valence electrons. The number of nitrogen functional groups attached to an aromatic ring is 1. The van der Waals surface area contributed by atoms with Gasteiger partial charge in [0.05, 0.1) is 13.2 Å². The minimum Gasteiger partial charge on any atom is -0.382 e. The lowest BCUT2D eigenvalue weighted by Gasteiger charge is -2.26. The number of anilines is 2. The molecule has 0 radical (unpaired) electrons. The molecule has 6 nitrogen and oxygen atoms in total. The number of thiazole rings is 1. The van der Waals surface area contributed by atoms with Crippen molar-refractivity contribution in [1.82, 2.24) is 9.88 Å². The average molecular weight is 310 g/mol. The number of nitrogens with two attached hydrogens (primary N) is 1. The first-order chi connectivity index (χ1) is 10.0. The summed E-state index contributed by atoms with van der Waals surface area (Å²) >= 11 is 1.36. The quantitative estimate of drug-likeness (QED) is 0.836. The van der Waals surface area contributed by atoms with Crippen molar-refractivity contribution < 1.29 is 9.53 Å². The Hall–Kier alpha value is -1.60. The molecule has 0 atom stereocenters. The highest BCUT2D eigenvalue weighted by atomic mass is 32.1. The largest absolute Gasteiger partial charge is 0.382 e. The number of aromatic nitrogens is 1. The summed E-state index contributed by atoms with van der Waals surface area (Å²) in [4.78, 5) is 21.3. The maximum Gasteiger partial charge on any atom is 0.268 e. The fourth-order valence-corrected chi connectivity index (χ4v) is 3.16. The van der Waals surface area contributed by atoms with Crippen LogP contribution in [0.15, 0.2) is 12.2 Å². The molecule has 0 aromatic carbocycles. The van der Waals surface area contributed by atoms with Crippen molar-refractivity contribution in [2.24, 2.45) is 0 Å². The van der Waals surface area contributed by atoms with E-state index >= 15 is 0 Å². The van der Waals surface area contributed by atoms with Crippen LogP contribution in [0.2, 0.25) is 0 Å². The van der Waals surface area contributed by atoms with Crippen molar-refractivity contribution in [3.8, 4) is 0 Å². The minimum atomic E-state index is -0.0741. The third-order valence-corrected chi connectivity index (χ3v) is 4.37. The Morgan fingerprint density at radius 3 is 2.76 bits per heavy atom. The van der Waals surface area contributed by atoms with Gasteiger partial charge in [-0.25, -0.2) is 4.98 Å². The molecule has 0 unspecified atom stereocenters. The topological polar surface area (TPSA) is 71.7 Å². The highest BCUT2D eigenvalue weighted by Gasteiger charge is 2.24. The number of likely N-dealkylation sites (N-methyl/N-ethyl adjacent to an activating group) is 1. The lowest BCUT2D eigenvalue weighted by molar-refractivity contribution is 0.0784. The molecule has 1 aliphatic heterocycles. The molecule has 7 heteroatoms. The summed E-state index contributed by atoms with van der Waals surface area (Å²) < 4.78 is 5.32. The number of amides is 1. The van der Waals surface area contributed by atoms with Gasteiger partial charge in [0.15, 0.2) is 5.13 Å². The number of morpholine rings is 1. The molecule has 2 rings (SSSR count). The first-order valence-corrected chi connectivity index (χ1v) is 7.87. The first-order valence-electron chi connectivity index (χ1n) is 7.05. The van der Waals surface area contributed by atoms with Crippen LogP contribution in [0.1, 0.15) is 23.5 Å². The van der Waals surface area contributed by atoms with Gasteiger partial charge in [-0.2, -0.15) is 0 Å². The summed E-state index contributed by atoms with van der Waals surface area (Å²) in [5, 5.41) is 0.797. The van der Waals surface area contributed by atoms with Gasteiger partial charge in [-0.1, -0.05) is 23.5 Å². The second kappa shape index (κ2) is 6.91. The third kappa shape index (κ3) is 3.74. The van der Waals surface area contributed by atoms with E-state index in [1.807, 2.05) is 13.8 Å². The summed E-state index contributed by atoms with van der Waals surface area (Å²) in [6.45, 7) is 11.8. The molecule has 21 heavy (non-hydrogen) atoms. The van der Waals surface area contributed by atoms with Gasteiger partial charge >= 0.3 is 0 Å². The number of hydrogen-bond donors (Lipinski definition) is 1. The Morgan fingerprint density at radius 2 is 2.19 bits per heavy atom. The summed E-state index contributed by atoms with van der Waals surface area (Å²) in [6, 6.07) is 0.